The second-order valence-corrected chi connectivity index (χ2v) is 6.98. The molecule has 2 aromatic rings. The van der Waals surface area contributed by atoms with Crippen LogP contribution in [0.4, 0.5) is 10.5 Å². The summed E-state index contributed by atoms with van der Waals surface area (Å²) in [6.45, 7) is 0.176. The topological polar surface area (TPSA) is 80.2 Å². The molecule has 3 aliphatic rings. The number of nitrogens with one attached hydrogen (secondary N) is 1. The monoisotopic (exact) mass is 383 g/mol. The first kappa shape index (κ1) is 16.1. The van der Waals surface area contributed by atoms with E-state index in [0.29, 0.717) is 28.0 Å². The molecule has 7 nitrogen and oxygen atoms in total. The zero-order valence-corrected chi connectivity index (χ0v) is 14.8. The average molecular weight is 384 g/mol. The third-order valence-corrected chi connectivity index (χ3v) is 5.22. The number of hydrogen-bond donors (Lipinski definition) is 1. The van der Waals surface area contributed by atoms with E-state index in [2.05, 4.69) is 10.3 Å². The first-order valence-corrected chi connectivity index (χ1v) is 8.85. The number of hydrogen-bond acceptors (Lipinski definition) is 4. The fraction of sp³-hybridized carbons (Fsp3) is 0.211. The molecule has 0 bridgehead atoms. The summed E-state index contributed by atoms with van der Waals surface area (Å²) >= 11 is 5.98. The Morgan fingerprint density at radius 1 is 1.07 bits per heavy atom. The quantitative estimate of drug-likeness (QED) is 0.864. The molecule has 8 heteroatoms. The lowest BCUT2D eigenvalue weighted by atomic mass is 9.84. The Hall–Kier alpha value is -3.06. The van der Waals surface area contributed by atoms with Crippen LogP contribution in [0, 0.1) is 0 Å². The van der Waals surface area contributed by atoms with Gasteiger partial charge in [-0.05, 0) is 42.0 Å². The molecule has 3 amide bonds. The lowest BCUT2D eigenvalue weighted by molar-refractivity contribution is -0.120. The number of aliphatic imine (C=N–C) groups is 1. The third-order valence-electron chi connectivity index (χ3n) is 4.96. The van der Waals surface area contributed by atoms with Crippen LogP contribution < -0.4 is 19.7 Å². The summed E-state index contributed by atoms with van der Waals surface area (Å²) in [5, 5.41) is 3.32. The summed E-state index contributed by atoms with van der Waals surface area (Å²) in [5.41, 5.74) is 1.57. The molecule has 0 aliphatic carbocycles. The standard InChI is InChI=1S/C19H14ClN3O4/c20-11-2-4-12(5-3-11)23-17-13(8-16(24)21-18(17)22-19(23)25)10-1-6-14-15(7-10)27-9-26-14/h1-7,13,17H,8-9H2,(H,21,22,24,25)/t13-,17+/m1/s1. The van der Waals surface area contributed by atoms with E-state index in [4.69, 9.17) is 21.1 Å². The highest BCUT2D eigenvalue weighted by Gasteiger charge is 2.46. The Morgan fingerprint density at radius 3 is 2.67 bits per heavy atom. The minimum absolute atomic E-state index is 0.168. The minimum atomic E-state index is -0.412. The summed E-state index contributed by atoms with van der Waals surface area (Å²) in [7, 11) is 0. The zero-order valence-electron chi connectivity index (χ0n) is 14.0. The van der Waals surface area contributed by atoms with Crippen molar-refractivity contribution >= 4 is 35.1 Å². The normalized spacial score (nSPS) is 23.1. The third kappa shape index (κ3) is 2.62. The number of amidine groups is 1. The van der Waals surface area contributed by atoms with Crippen LogP contribution >= 0.6 is 11.6 Å². The molecule has 0 unspecified atom stereocenters. The van der Waals surface area contributed by atoms with Gasteiger partial charge in [-0.15, -0.1) is 0 Å². The highest BCUT2D eigenvalue weighted by molar-refractivity contribution is 6.30. The van der Waals surface area contributed by atoms with E-state index in [0.717, 1.165) is 5.56 Å². The number of carbonyl (C=O) groups is 2. The fourth-order valence-corrected chi connectivity index (χ4v) is 3.88. The molecule has 0 spiro atoms. The van der Waals surface area contributed by atoms with Crippen molar-refractivity contribution in [1.82, 2.24) is 5.32 Å². The molecule has 5 rings (SSSR count). The average Bonchev–Trinajstić information content (AvgIpc) is 3.24. The summed E-state index contributed by atoms with van der Waals surface area (Å²) in [5.74, 6) is 1.26. The van der Waals surface area contributed by atoms with Crippen molar-refractivity contribution < 1.29 is 19.1 Å². The number of carbonyl (C=O) groups excluding carboxylic acids is 2. The van der Waals surface area contributed by atoms with Crippen molar-refractivity contribution in [2.45, 2.75) is 18.4 Å². The number of halogens is 1. The highest BCUT2D eigenvalue weighted by Crippen LogP contribution is 2.40. The van der Waals surface area contributed by atoms with Gasteiger partial charge in [-0.1, -0.05) is 17.7 Å². The second-order valence-electron chi connectivity index (χ2n) is 6.54. The maximum atomic E-state index is 12.6. The largest absolute Gasteiger partial charge is 0.454 e. The SMILES string of the molecule is O=C1C[C@H](c2ccc3c(c2)OCO3)[C@H]2C(=NC(=O)N2c2ccc(Cl)cc2)N1. The van der Waals surface area contributed by atoms with Crippen LogP contribution in [-0.4, -0.2) is 30.6 Å². The number of rotatable bonds is 2. The van der Waals surface area contributed by atoms with Crippen LogP contribution in [0.5, 0.6) is 11.5 Å². The summed E-state index contributed by atoms with van der Waals surface area (Å²) in [6.07, 6.45) is 0.237. The Labute approximate surface area is 159 Å². The summed E-state index contributed by atoms with van der Waals surface area (Å²) in [4.78, 5) is 30.5. The molecule has 1 N–H and O–H groups in total. The Kier molecular flexibility index (Phi) is 3.58. The van der Waals surface area contributed by atoms with Gasteiger partial charge < -0.3 is 14.8 Å². The van der Waals surface area contributed by atoms with E-state index < -0.39 is 12.1 Å². The molecule has 1 fully saturated rings. The van der Waals surface area contributed by atoms with Gasteiger partial charge in [-0.2, -0.15) is 4.99 Å². The molecule has 3 aliphatic heterocycles. The van der Waals surface area contributed by atoms with Crippen LogP contribution in [-0.2, 0) is 4.79 Å². The zero-order chi connectivity index (χ0) is 18.5. The molecular formula is C19H14ClN3O4. The predicted molar refractivity (Wildman–Crippen MR) is 98.6 cm³/mol. The van der Waals surface area contributed by atoms with Crippen molar-refractivity contribution in [2.75, 3.05) is 11.7 Å². The molecule has 0 radical (unpaired) electrons. The van der Waals surface area contributed by atoms with E-state index in [-0.39, 0.29) is 25.0 Å². The van der Waals surface area contributed by atoms with Gasteiger partial charge in [0, 0.05) is 23.0 Å². The van der Waals surface area contributed by atoms with E-state index in [1.165, 1.54) is 0 Å². The predicted octanol–water partition coefficient (Wildman–Crippen LogP) is 3.08. The van der Waals surface area contributed by atoms with Gasteiger partial charge in [0.15, 0.2) is 11.5 Å². The molecule has 3 heterocycles. The fourth-order valence-electron chi connectivity index (χ4n) is 3.76. The van der Waals surface area contributed by atoms with Gasteiger partial charge in [0.25, 0.3) is 0 Å². The number of nitrogens with zero attached hydrogens (tertiary/aromatic N) is 2. The van der Waals surface area contributed by atoms with Crippen molar-refractivity contribution in [3.05, 3.63) is 53.1 Å². The molecule has 0 aromatic heterocycles. The first-order valence-electron chi connectivity index (χ1n) is 8.47. The maximum Gasteiger partial charge on any atom is 0.350 e. The highest BCUT2D eigenvalue weighted by atomic mass is 35.5. The number of urea groups is 1. The van der Waals surface area contributed by atoms with E-state index in [9.17, 15) is 9.59 Å². The van der Waals surface area contributed by atoms with Gasteiger partial charge in [0.1, 0.15) is 11.9 Å². The van der Waals surface area contributed by atoms with Crippen LogP contribution in [0.3, 0.4) is 0 Å². The Balaban J connectivity index is 1.57. The van der Waals surface area contributed by atoms with Crippen molar-refractivity contribution in [3.8, 4) is 11.5 Å². The van der Waals surface area contributed by atoms with Crippen molar-refractivity contribution in [1.29, 1.82) is 0 Å². The van der Waals surface area contributed by atoms with Crippen LogP contribution in [0.15, 0.2) is 47.5 Å². The van der Waals surface area contributed by atoms with Crippen molar-refractivity contribution in [3.63, 3.8) is 0 Å². The molecule has 27 heavy (non-hydrogen) atoms. The van der Waals surface area contributed by atoms with Crippen molar-refractivity contribution in [2.24, 2.45) is 4.99 Å². The molecule has 2 aromatic carbocycles. The second kappa shape index (κ2) is 5.99. The van der Waals surface area contributed by atoms with Gasteiger partial charge in [-0.25, -0.2) is 4.79 Å². The van der Waals surface area contributed by atoms with E-state index in [1.807, 2.05) is 18.2 Å². The van der Waals surface area contributed by atoms with Crippen LogP contribution in [0.1, 0.15) is 17.9 Å². The lowest BCUT2D eigenvalue weighted by Crippen LogP contribution is -2.53. The van der Waals surface area contributed by atoms with Gasteiger partial charge in [0.2, 0.25) is 12.7 Å². The first-order chi connectivity index (χ1) is 13.1. The van der Waals surface area contributed by atoms with E-state index in [1.54, 1.807) is 29.2 Å². The van der Waals surface area contributed by atoms with Crippen LogP contribution in [0.2, 0.25) is 5.02 Å². The summed E-state index contributed by atoms with van der Waals surface area (Å²) < 4.78 is 10.8. The Morgan fingerprint density at radius 2 is 1.85 bits per heavy atom. The van der Waals surface area contributed by atoms with Gasteiger partial charge >= 0.3 is 6.03 Å². The smallest absolute Gasteiger partial charge is 0.350 e. The van der Waals surface area contributed by atoms with Crippen LogP contribution in [0.25, 0.3) is 0 Å². The molecular weight excluding hydrogens is 370 g/mol. The number of piperidine rings is 1. The number of anilines is 1. The lowest BCUT2D eigenvalue weighted by Gasteiger charge is -2.35. The molecule has 2 atom stereocenters. The van der Waals surface area contributed by atoms with Gasteiger partial charge in [0.05, 0.1) is 0 Å². The van der Waals surface area contributed by atoms with Gasteiger partial charge in [-0.3, -0.25) is 9.69 Å². The number of fused-ring (bicyclic) bond motifs is 2. The minimum Gasteiger partial charge on any atom is -0.454 e. The number of benzene rings is 2. The number of amides is 3. The maximum absolute atomic E-state index is 12.6. The molecule has 136 valence electrons. The number of ether oxygens (including phenoxy) is 2. The molecule has 1 saturated heterocycles. The summed E-state index contributed by atoms with van der Waals surface area (Å²) in [6, 6.07) is 11.8. The Bertz CT molecular complexity index is 989. The van der Waals surface area contributed by atoms with E-state index >= 15 is 0 Å². The molecule has 0 saturated carbocycles.